The molecule has 20 heteroatoms. The monoisotopic (exact) mass is 852 g/mol. The number of nitrogens with two attached hydrogens (primary N) is 1. The Kier molecular flexibility index (Phi) is 11.2. The van der Waals surface area contributed by atoms with Crippen LogP contribution < -0.4 is 19.9 Å². The second-order valence-corrected chi connectivity index (χ2v) is 15.3. The predicted octanol–water partition coefficient (Wildman–Crippen LogP) is 7.97. The van der Waals surface area contributed by atoms with Crippen LogP contribution in [0, 0.1) is 0 Å². The van der Waals surface area contributed by atoms with Crippen LogP contribution in [-0.4, -0.2) is 64.2 Å². The Morgan fingerprint density at radius 1 is 0.717 bits per heavy atom. The standard InChI is InChI=1S/C40H34F6N8O5S/c1-57-27-10-4-23(5-11-27)20-53(21-24-6-12-28(58-2)13-7-24)60(55,56)36-32(40(44,45)46)17-16-30(31-18-26(39(41,42)43)19-33-35(31)49-38(47)48-33)34(36)37-50-51-52-54(37)22-25-8-14-29(59-3)15-9-25/h4-19H,20-22H2,1-3H3,(H3,47,48,49). The number of aromatic nitrogens is 6. The molecule has 7 rings (SSSR count). The molecule has 0 fully saturated rings. The number of nitrogens with zero attached hydrogens (tertiary/aromatic N) is 6. The van der Waals surface area contributed by atoms with Gasteiger partial charge in [0.15, 0.2) is 11.8 Å². The molecule has 312 valence electrons. The molecule has 60 heavy (non-hydrogen) atoms. The highest BCUT2D eigenvalue weighted by molar-refractivity contribution is 7.89. The summed E-state index contributed by atoms with van der Waals surface area (Å²) in [5.41, 5.74) is 2.36. The Balaban J connectivity index is 1.55. The lowest BCUT2D eigenvalue weighted by atomic mass is 9.94. The lowest BCUT2D eigenvalue weighted by Gasteiger charge is -2.27. The number of hydrogen-bond donors (Lipinski definition) is 2. The maximum Gasteiger partial charge on any atom is 0.417 e. The summed E-state index contributed by atoms with van der Waals surface area (Å²) in [6.45, 7) is -1.13. The Bertz CT molecular complexity index is 2710. The van der Waals surface area contributed by atoms with Crippen molar-refractivity contribution in [2.45, 2.75) is 36.9 Å². The fourth-order valence-electron chi connectivity index (χ4n) is 6.64. The number of anilines is 1. The fraction of sp³-hybridized carbons (Fsp3) is 0.200. The molecule has 2 aromatic heterocycles. The van der Waals surface area contributed by atoms with Crippen molar-refractivity contribution in [3.8, 4) is 39.8 Å². The van der Waals surface area contributed by atoms with Crippen LogP contribution in [0.25, 0.3) is 33.5 Å². The van der Waals surface area contributed by atoms with Crippen LogP contribution in [-0.2, 0) is 42.0 Å². The van der Waals surface area contributed by atoms with Crippen molar-refractivity contribution in [3.63, 3.8) is 0 Å². The highest BCUT2D eigenvalue weighted by atomic mass is 32.2. The van der Waals surface area contributed by atoms with E-state index >= 15 is 21.6 Å². The second-order valence-electron chi connectivity index (χ2n) is 13.4. The van der Waals surface area contributed by atoms with Gasteiger partial charge in [-0.2, -0.15) is 30.6 Å². The Morgan fingerprint density at radius 3 is 1.75 bits per heavy atom. The normalized spacial score (nSPS) is 12.3. The molecular formula is C40H34F6N8O5S. The van der Waals surface area contributed by atoms with E-state index in [0.29, 0.717) is 46.1 Å². The summed E-state index contributed by atoms with van der Waals surface area (Å²) >= 11 is 0. The van der Waals surface area contributed by atoms with Crippen LogP contribution in [0.3, 0.4) is 0 Å². The lowest BCUT2D eigenvalue weighted by molar-refractivity contribution is -0.140. The van der Waals surface area contributed by atoms with E-state index in [-0.39, 0.29) is 23.5 Å². The quantitative estimate of drug-likeness (QED) is 0.109. The number of aromatic amines is 1. The van der Waals surface area contributed by atoms with Crippen molar-refractivity contribution < 1.29 is 49.0 Å². The number of sulfonamides is 1. The van der Waals surface area contributed by atoms with Gasteiger partial charge in [-0.1, -0.05) is 42.5 Å². The number of benzene rings is 5. The van der Waals surface area contributed by atoms with Gasteiger partial charge in [0.05, 0.1) is 50.0 Å². The molecular weight excluding hydrogens is 819 g/mol. The van der Waals surface area contributed by atoms with Crippen LogP contribution in [0.5, 0.6) is 17.2 Å². The van der Waals surface area contributed by atoms with Crippen LogP contribution >= 0.6 is 0 Å². The number of alkyl halides is 6. The van der Waals surface area contributed by atoms with Gasteiger partial charge >= 0.3 is 12.4 Å². The molecule has 0 saturated heterocycles. The second kappa shape index (κ2) is 16.2. The van der Waals surface area contributed by atoms with E-state index < -0.39 is 74.0 Å². The molecule has 0 radical (unpaired) electrons. The summed E-state index contributed by atoms with van der Waals surface area (Å²) in [7, 11) is -1.05. The molecule has 3 N–H and O–H groups in total. The molecule has 7 aromatic rings. The van der Waals surface area contributed by atoms with Crippen molar-refractivity contribution in [1.29, 1.82) is 0 Å². The van der Waals surface area contributed by atoms with Crippen LogP contribution in [0.2, 0.25) is 0 Å². The minimum absolute atomic E-state index is 0.188. The van der Waals surface area contributed by atoms with E-state index in [9.17, 15) is 13.2 Å². The maximum absolute atomic E-state index is 15.5. The first-order chi connectivity index (χ1) is 28.5. The molecule has 0 aliphatic heterocycles. The lowest BCUT2D eigenvalue weighted by Crippen LogP contribution is -2.32. The molecule has 0 aliphatic rings. The smallest absolute Gasteiger partial charge is 0.417 e. The van der Waals surface area contributed by atoms with Crippen molar-refractivity contribution >= 4 is 27.0 Å². The van der Waals surface area contributed by atoms with E-state index in [0.717, 1.165) is 21.1 Å². The number of tetrazole rings is 1. The van der Waals surface area contributed by atoms with E-state index in [1.807, 2.05) is 0 Å². The SMILES string of the molecule is COc1ccc(CN(Cc2ccc(OC)cc2)S(=O)(=O)c2c(C(F)(F)F)ccc(-c3cc(C(F)(F)F)cc4[nH]c(N)nc34)c2-c2nnnn2Cc2ccc(OC)cc2)cc1. The first-order valence-electron chi connectivity index (χ1n) is 17.8. The molecule has 0 aliphatic carbocycles. The molecule has 0 amide bonds. The molecule has 5 aromatic carbocycles. The number of methoxy groups -OCH3 is 3. The maximum atomic E-state index is 15.5. The first-order valence-corrected chi connectivity index (χ1v) is 19.2. The summed E-state index contributed by atoms with van der Waals surface area (Å²) in [4.78, 5) is 5.40. The van der Waals surface area contributed by atoms with Crippen molar-refractivity contribution in [2.24, 2.45) is 0 Å². The number of rotatable bonds is 13. The van der Waals surface area contributed by atoms with Gasteiger partial charge in [-0.3, -0.25) is 0 Å². The molecule has 0 spiro atoms. The number of ether oxygens (including phenoxy) is 3. The molecule has 0 atom stereocenters. The summed E-state index contributed by atoms with van der Waals surface area (Å²) < 4.78 is 138. The minimum atomic E-state index is -5.36. The molecule has 13 nitrogen and oxygen atoms in total. The number of imidazole rings is 1. The number of fused-ring (bicyclic) bond motifs is 1. The Labute approximate surface area is 338 Å². The number of hydrogen-bond acceptors (Lipinski definition) is 10. The third-order valence-electron chi connectivity index (χ3n) is 9.57. The molecule has 2 heterocycles. The van der Waals surface area contributed by atoms with Gasteiger partial charge in [-0.15, -0.1) is 5.10 Å². The largest absolute Gasteiger partial charge is 0.497 e. The van der Waals surface area contributed by atoms with Crippen molar-refractivity contribution in [2.75, 3.05) is 27.1 Å². The van der Waals surface area contributed by atoms with Gasteiger partial charge in [-0.25, -0.2) is 18.1 Å². The summed E-state index contributed by atoms with van der Waals surface area (Å²) in [6, 6.07) is 21.7. The van der Waals surface area contributed by atoms with Gasteiger partial charge < -0.3 is 24.9 Å². The highest BCUT2D eigenvalue weighted by Crippen LogP contribution is 2.47. The van der Waals surface area contributed by atoms with E-state index in [1.54, 1.807) is 72.8 Å². The van der Waals surface area contributed by atoms with Gasteiger partial charge in [-0.05, 0) is 87.3 Å². The van der Waals surface area contributed by atoms with E-state index in [1.165, 1.54) is 21.3 Å². The topological polar surface area (TPSA) is 163 Å². The zero-order chi connectivity index (χ0) is 43.0. The Hall–Kier alpha value is -6.67. The zero-order valence-electron chi connectivity index (χ0n) is 31.8. The summed E-state index contributed by atoms with van der Waals surface area (Å²) in [5.74, 6) is 0.556. The van der Waals surface area contributed by atoms with E-state index in [4.69, 9.17) is 19.9 Å². The van der Waals surface area contributed by atoms with Gasteiger partial charge in [0.25, 0.3) is 0 Å². The van der Waals surface area contributed by atoms with Gasteiger partial charge in [0, 0.05) is 24.2 Å². The van der Waals surface area contributed by atoms with Crippen molar-refractivity contribution in [3.05, 3.63) is 125 Å². The highest BCUT2D eigenvalue weighted by Gasteiger charge is 2.44. The molecule has 0 saturated carbocycles. The van der Waals surface area contributed by atoms with Gasteiger partial charge in [0.1, 0.15) is 22.1 Å². The third-order valence-corrected chi connectivity index (χ3v) is 11.4. The first kappa shape index (κ1) is 41.5. The third kappa shape index (κ3) is 8.41. The van der Waals surface area contributed by atoms with E-state index in [2.05, 4.69) is 25.5 Å². The van der Waals surface area contributed by atoms with Crippen LogP contribution in [0.15, 0.2) is 102 Å². The van der Waals surface area contributed by atoms with Crippen molar-refractivity contribution in [1.82, 2.24) is 34.5 Å². The Morgan fingerprint density at radius 2 is 1.25 bits per heavy atom. The van der Waals surface area contributed by atoms with Crippen LogP contribution in [0.4, 0.5) is 32.3 Å². The van der Waals surface area contributed by atoms with Crippen LogP contribution in [0.1, 0.15) is 27.8 Å². The number of halogens is 6. The zero-order valence-corrected chi connectivity index (χ0v) is 32.7. The average Bonchev–Trinajstić information content (AvgIpc) is 3.85. The average molecular weight is 853 g/mol. The summed E-state index contributed by atoms with van der Waals surface area (Å²) in [6.07, 6.45) is -10.3. The van der Waals surface area contributed by atoms with Gasteiger partial charge in [0.2, 0.25) is 10.0 Å². The predicted molar refractivity (Wildman–Crippen MR) is 207 cm³/mol. The number of nitrogens with one attached hydrogen (secondary N) is 1. The molecule has 0 bridgehead atoms. The number of H-pyrrole nitrogens is 1. The fourth-order valence-corrected chi connectivity index (χ4v) is 8.46. The molecule has 0 unspecified atom stereocenters. The minimum Gasteiger partial charge on any atom is -0.497 e. The summed E-state index contributed by atoms with van der Waals surface area (Å²) in [5, 5.41) is 11.8. The number of nitrogen functional groups attached to an aromatic ring is 1.